The smallest absolute Gasteiger partial charge is 0.343 e. The molecule has 0 bridgehead atoms. The van der Waals surface area contributed by atoms with Crippen LogP contribution in [0.3, 0.4) is 0 Å². The fourth-order valence-electron chi connectivity index (χ4n) is 2.18. The van der Waals surface area contributed by atoms with E-state index in [2.05, 4.69) is 10.9 Å². The van der Waals surface area contributed by atoms with E-state index in [4.69, 9.17) is 15.6 Å². The van der Waals surface area contributed by atoms with Crippen molar-refractivity contribution >= 4 is 22.8 Å². The number of carbonyl (C=O) groups excluding carboxylic acids is 1. The molecule has 3 aromatic rings. The standard InChI is InChI=1S/C17H9FN2O5/c1-2-7-24-17(21)13-8-12(20(22)23)9-14-15(13)25-16(19-14)10-3-5-11(18)6-4-10/h1,3-6,8-9H,7H2. The van der Waals surface area contributed by atoms with Gasteiger partial charge in [-0.25, -0.2) is 14.2 Å². The first-order valence-corrected chi connectivity index (χ1v) is 6.95. The van der Waals surface area contributed by atoms with Gasteiger partial charge in [0.15, 0.2) is 12.2 Å². The number of aromatic nitrogens is 1. The van der Waals surface area contributed by atoms with E-state index >= 15 is 0 Å². The highest BCUT2D eigenvalue weighted by molar-refractivity contribution is 6.02. The number of benzene rings is 2. The molecule has 0 aliphatic rings. The first-order valence-electron chi connectivity index (χ1n) is 6.95. The maximum atomic E-state index is 13.0. The van der Waals surface area contributed by atoms with Crippen molar-refractivity contribution in [3.8, 4) is 23.8 Å². The van der Waals surface area contributed by atoms with Crippen LogP contribution in [0.4, 0.5) is 10.1 Å². The molecule has 0 unspecified atom stereocenters. The summed E-state index contributed by atoms with van der Waals surface area (Å²) < 4.78 is 23.4. The van der Waals surface area contributed by atoms with Crippen molar-refractivity contribution in [2.45, 2.75) is 0 Å². The van der Waals surface area contributed by atoms with Crippen LogP contribution in [0.1, 0.15) is 10.4 Å². The molecule has 0 saturated heterocycles. The maximum absolute atomic E-state index is 13.0. The van der Waals surface area contributed by atoms with E-state index < -0.39 is 16.7 Å². The predicted octanol–water partition coefficient (Wildman–Crippen LogP) is 3.33. The zero-order valence-corrected chi connectivity index (χ0v) is 12.6. The number of halogens is 1. The van der Waals surface area contributed by atoms with Crippen LogP contribution in [0.5, 0.6) is 0 Å². The molecular weight excluding hydrogens is 331 g/mol. The first-order chi connectivity index (χ1) is 12.0. The number of fused-ring (bicyclic) bond motifs is 1. The molecule has 0 aliphatic heterocycles. The van der Waals surface area contributed by atoms with E-state index in [0.717, 1.165) is 6.07 Å². The number of non-ortho nitro benzene ring substituents is 1. The Morgan fingerprint density at radius 1 is 1.36 bits per heavy atom. The lowest BCUT2D eigenvalue weighted by molar-refractivity contribution is -0.384. The number of esters is 1. The van der Waals surface area contributed by atoms with Crippen LogP contribution in [0.25, 0.3) is 22.6 Å². The fraction of sp³-hybridized carbons (Fsp3) is 0.0588. The highest BCUT2D eigenvalue weighted by Gasteiger charge is 2.23. The van der Waals surface area contributed by atoms with Gasteiger partial charge in [-0.15, -0.1) is 6.42 Å². The van der Waals surface area contributed by atoms with E-state index in [1.165, 1.54) is 30.3 Å². The molecule has 0 radical (unpaired) electrons. The second-order valence-corrected chi connectivity index (χ2v) is 4.90. The summed E-state index contributed by atoms with van der Waals surface area (Å²) in [6, 6.07) is 7.50. The minimum absolute atomic E-state index is 0.0203. The van der Waals surface area contributed by atoms with Crippen LogP contribution in [-0.4, -0.2) is 22.5 Å². The maximum Gasteiger partial charge on any atom is 0.343 e. The Labute approximate surface area is 140 Å². The van der Waals surface area contributed by atoms with E-state index in [-0.39, 0.29) is 34.8 Å². The fourth-order valence-corrected chi connectivity index (χ4v) is 2.18. The number of hydrogen-bond acceptors (Lipinski definition) is 6. The minimum Gasteiger partial charge on any atom is -0.449 e. The number of hydrogen-bond donors (Lipinski definition) is 0. The van der Waals surface area contributed by atoms with Gasteiger partial charge >= 0.3 is 5.97 Å². The SMILES string of the molecule is C#CCOC(=O)c1cc([N+](=O)[O-])cc2nc(-c3ccc(F)cc3)oc12. The van der Waals surface area contributed by atoms with Crippen LogP contribution in [0, 0.1) is 28.3 Å². The van der Waals surface area contributed by atoms with Crippen molar-refractivity contribution in [2.75, 3.05) is 6.61 Å². The number of nitro benzene ring substituents is 1. The molecule has 0 atom stereocenters. The predicted molar refractivity (Wildman–Crippen MR) is 85.2 cm³/mol. The molecule has 7 nitrogen and oxygen atoms in total. The topological polar surface area (TPSA) is 95.5 Å². The average Bonchev–Trinajstić information content (AvgIpc) is 3.03. The Balaban J connectivity index is 2.16. The van der Waals surface area contributed by atoms with Gasteiger partial charge in [0.25, 0.3) is 5.69 Å². The number of carbonyl (C=O) groups is 1. The lowest BCUT2D eigenvalue weighted by Crippen LogP contribution is -2.06. The molecule has 0 aliphatic carbocycles. The number of oxazole rings is 1. The third-order valence-corrected chi connectivity index (χ3v) is 3.28. The average molecular weight is 340 g/mol. The number of nitrogens with zero attached hydrogens (tertiary/aromatic N) is 2. The summed E-state index contributed by atoms with van der Waals surface area (Å²) in [7, 11) is 0. The van der Waals surface area contributed by atoms with E-state index in [1.54, 1.807) is 0 Å². The molecule has 0 amide bonds. The van der Waals surface area contributed by atoms with Gasteiger partial charge in [-0.05, 0) is 24.3 Å². The summed E-state index contributed by atoms with van der Waals surface area (Å²) >= 11 is 0. The molecule has 25 heavy (non-hydrogen) atoms. The molecule has 2 aromatic carbocycles. The number of nitro groups is 1. The molecule has 8 heteroatoms. The zero-order valence-electron chi connectivity index (χ0n) is 12.6. The summed E-state index contributed by atoms with van der Waals surface area (Å²) in [6.45, 7) is -0.290. The lowest BCUT2D eigenvalue weighted by atomic mass is 10.1. The van der Waals surface area contributed by atoms with Crippen LogP contribution < -0.4 is 0 Å². The molecule has 0 spiro atoms. The summed E-state index contributed by atoms with van der Waals surface area (Å²) in [5, 5.41) is 11.1. The van der Waals surface area contributed by atoms with Gasteiger partial charge in [0.05, 0.1) is 4.92 Å². The van der Waals surface area contributed by atoms with Gasteiger partial charge in [-0.1, -0.05) is 5.92 Å². The summed E-state index contributed by atoms with van der Waals surface area (Å²) in [5.41, 5.74) is 0.0516. The number of rotatable bonds is 4. The Hall–Kier alpha value is -3.73. The highest BCUT2D eigenvalue weighted by Crippen LogP contribution is 2.30. The number of terminal acetylenes is 1. The third-order valence-electron chi connectivity index (χ3n) is 3.28. The highest BCUT2D eigenvalue weighted by atomic mass is 19.1. The molecule has 3 rings (SSSR count). The Morgan fingerprint density at radius 2 is 2.08 bits per heavy atom. The van der Waals surface area contributed by atoms with Crippen molar-refractivity contribution in [2.24, 2.45) is 0 Å². The quantitative estimate of drug-likeness (QED) is 0.313. The van der Waals surface area contributed by atoms with E-state index in [9.17, 15) is 19.3 Å². The molecule has 124 valence electrons. The van der Waals surface area contributed by atoms with Crippen LogP contribution in [0.2, 0.25) is 0 Å². The van der Waals surface area contributed by atoms with E-state index in [0.29, 0.717) is 5.56 Å². The number of ether oxygens (including phenoxy) is 1. The summed E-state index contributed by atoms with van der Waals surface area (Å²) in [5.74, 6) is 0.913. The Morgan fingerprint density at radius 3 is 2.72 bits per heavy atom. The third kappa shape index (κ3) is 3.16. The van der Waals surface area contributed by atoms with Gasteiger partial charge in [0.1, 0.15) is 16.9 Å². The molecule has 1 aromatic heterocycles. The van der Waals surface area contributed by atoms with Crippen LogP contribution >= 0.6 is 0 Å². The van der Waals surface area contributed by atoms with Gasteiger partial charge < -0.3 is 9.15 Å². The van der Waals surface area contributed by atoms with Crippen molar-refractivity contribution in [1.82, 2.24) is 4.98 Å². The van der Waals surface area contributed by atoms with Crippen molar-refractivity contribution in [3.05, 3.63) is 57.9 Å². The molecule has 0 N–H and O–H groups in total. The van der Waals surface area contributed by atoms with Gasteiger partial charge in [-0.2, -0.15) is 0 Å². The molecule has 0 saturated carbocycles. The first kappa shape index (κ1) is 16.1. The van der Waals surface area contributed by atoms with Crippen molar-refractivity contribution < 1.29 is 23.3 Å². The molecule has 0 fully saturated rings. The monoisotopic (exact) mass is 340 g/mol. The van der Waals surface area contributed by atoms with E-state index in [1.807, 2.05) is 0 Å². The van der Waals surface area contributed by atoms with Crippen LogP contribution in [0.15, 0.2) is 40.8 Å². The lowest BCUT2D eigenvalue weighted by Gasteiger charge is -2.01. The second kappa shape index (κ2) is 6.41. The molecule has 1 heterocycles. The summed E-state index contributed by atoms with van der Waals surface area (Å²) in [4.78, 5) is 26.6. The zero-order chi connectivity index (χ0) is 18.0. The van der Waals surface area contributed by atoms with Crippen LogP contribution in [-0.2, 0) is 4.74 Å². The Bertz CT molecular complexity index is 1020. The largest absolute Gasteiger partial charge is 0.449 e. The van der Waals surface area contributed by atoms with Gasteiger partial charge in [0.2, 0.25) is 5.89 Å². The Kier molecular flexibility index (Phi) is 4.14. The van der Waals surface area contributed by atoms with Gasteiger partial charge in [-0.3, -0.25) is 10.1 Å². The normalized spacial score (nSPS) is 10.4. The second-order valence-electron chi connectivity index (χ2n) is 4.90. The van der Waals surface area contributed by atoms with Crippen molar-refractivity contribution in [3.63, 3.8) is 0 Å². The molecular formula is C17H9FN2O5. The van der Waals surface area contributed by atoms with Crippen molar-refractivity contribution in [1.29, 1.82) is 0 Å². The minimum atomic E-state index is -0.867. The summed E-state index contributed by atoms with van der Waals surface area (Å²) in [6.07, 6.45) is 5.04. The van der Waals surface area contributed by atoms with Gasteiger partial charge in [0, 0.05) is 17.7 Å².